The van der Waals surface area contributed by atoms with Crippen LogP contribution in [0.15, 0.2) is 35.7 Å². The Hall–Kier alpha value is -2.28. The predicted octanol–water partition coefficient (Wildman–Crippen LogP) is 2.98. The molecule has 1 aromatic carbocycles. The van der Waals surface area contributed by atoms with E-state index in [2.05, 4.69) is 5.32 Å². The van der Waals surface area contributed by atoms with Crippen molar-refractivity contribution in [2.24, 2.45) is 0 Å². The van der Waals surface area contributed by atoms with Crippen LogP contribution in [0.2, 0.25) is 0 Å². The van der Waals surface area contributed by atoms with Gasteiger partial charge in [-0.15, -0.1) is 11.3 Å². The number of nitrogens with zero attached hydrogens (tertiary/aromatic N) is 1. The van der Waals surface area contributed by atoms with Crippen molar-refractivity contribution in [1.29, 1.82) is 0 Å². The Bertz CT molecular complexity index is 613. The number of hydrogen-bond acceptors (Lipinski definition) is 4. The number of nitro benzene ring substituents is 1. The molecule has 0 unspecified atom stereocenters. The molecule has 0 fully saturated rings. The van der Waals surface area contributed by atoms with Gasteiger partial charge in [0.15, 0.2) is 0 Å². The van der Waals surface area contributed by atoms with E-state index in [9.17, 15) is 19.3 Å². The van der Waals surface area contributed by atoms with Crippen molar-refractivity contribution in [3.05, 3.63) is 56.5 Å². The molecule has 19 heavy (non-hydrogen) atoms. The van der Waals surface area contributed by atoms with Gasteiger partial charge >= 0.3 is 5.69 Å². The molecule has 2 aromatic rings. The molecular weight excluding hydrogens is 271 g/mol. The SMILES string of the molecule is O=C(Cc1cccs1)Nc1ccc(F)c([N+](=O)[O-])c1. The first-order valence-electron chi connectivity index (χ1n) is 5.32. The van der Waals surface area contributed by atoms with Gasteiger partial charge in [-0.2, -0.15) is 4.39 Å². The quantitative estimate of drug-likeness (QED) is 0.691. The highest BCUT2D eigenvalue weighted by atomic mass is 32.1. The van der Waals surface area contributed by atoms with Gasteiger partial charge in [0.1, 0.15) is 0 Å². The average molecular weight is 280 g/mol. The minimum Gasteiger partial charge on any atom is -0.326 e. The van der Waals surface area contributed by atoms with Crippen LogP contribution in [0.3, 0.4) is 0 Å². The number of benzene rings is 1. The zero-order chi connectivity index (χ0) is 13.8. The van der Waals surface area contributed by atoms with Gasteiger partial charge in [0, 0.05) is 16.6 Å². The average Bonchev–Trinajstić information content (AvgIpc) is 2.84. The molecule has 0 bridgehead atoms. The Morgan fingerprint density at radius 1 is 1.42 bits per heavy atom. The van der Waals surface area contributed by atoms with Gasteiger partial charge in [-0.25, -0.2) is 0 Å². The predicted molar refractivity (Wildman–Crippen MR) is 69.7 cm³/mol. The Balaban J connectivity index is 2.09. The summed E-state index contributed by atoms with van der Waals surface area (Å²) < 4.78 is 13.1. The van der Waals surface area contributed by atoms with Crippen molar-refractivity contribution in [2.45, 2.75) is 6.42 Å². The monoisotopic (exact) mass is 280 g/mol. The number of amides is 1. The molecule has 0 atom stereocenters. The summed E-state index contributed by atoms with van der Waals surface area (Å²) in [6, 6.07) is 6.89. The summed E-state index contributed by atoms with van der Waals surface area (Å²) in [5.74, 6) is -1.23. The molecular formula is C12H9FN2O3S. The van der Waals surface area contributed by atoms with Crippen molar-refractivity contribution in [3.63, 3.8) is 0 Å². The second-order valence-corrected chi connectivity index (χ2v) is 4.76. The lowest BCUT2D eigenvalue weighted by molar-refractivity contribution is -0.387. The lowest BCUT2D eigenvalue weighted by atomic mass is 10.2. The molecule has 0 saturated carbocycles. The normalized spacial score (nSPS) is 10.2. The van der Waals surface area contributed by atoms with E-state index in [1.165, 1.54) is 17.4 Å². The van der Waals surface area contributed by atoms with Gasteiger partial charge in [-0.1, -0.05) is 6.07 Å². The van der Waals surface area contributed by atoms with E-state index in [0.717, 1.165) is 17.0 Å². The summed E-state index contributed by atoms with van der Waals surface area (Å²) in [5.41, 5.74) is -0.455. The molecule has 2 rings (SSSR count). The number of thiophene rings is 1. The summed E-state index contributed by atoms with van der Waals surface area (Å²) in [6.07, 6.45) is 0.183. The van der Waals surface area contributed by atoms with Gasteiger partial charge in [-0.05, 0) is 23.6 Å². The first kappa shape index (κ1) is 13.2. The summed E-state index contributed by atoms with van der Waals surface area (Å²) in [7, 11) is 0. The smallest absolute Gasteiger partial charge is 0.306 e. The maximum Gasteiger partial charge on any atom is 0.306 e. The third-order valence-corrected chi connectivity index (χ3v) is 3.22. The molecule has 1 N–H and O–H groups in total. The number of anilines is 1. The maximum atomic E-state index is 13.1. The molecule has 0 saturated heterocycles. The first-order valence-corrected chi connectivity index (χ1v) is 6.20. The summed E-state index contributed by atoms with van der Waals surface area (Å²) in [5, 5.41) is 14.9. The zero-order valence-corrected chi connectivity index (χ0v) is 10.4. The number of nitrogens with one attached hydrogen (secondary N) is 1. The van der Waals surface area contributed by atoms with E-state index in [0.29, 0.717) is 0 Å². The van der Waals surface area contributed by atoms with Crippen LogP contribution in [-0.2, 0) is 11.2 Å². The number of carbonyl (C=O) groups is 1. The van der Waals surface area contributed by atoms with E-state index < -0.39 is 16.4 Å². The second-order valence-electron chi connectivity index (χ2n) is 3.73. The van der Waals surface area contributed by atoms with E-state index in [4.69, 9.17) is 0 Å². The molecule has 1 heterocycles. The summed E-state index contributed by atoms with van der Waals surface area (Å²) >= 11 is 1.44. The number of rotatable bonds is 4. The molecule has 7 heteroatoms. The van der Waals surface area contributed by atoms with Crippen LogP contribution in [-0.4, -0.2) is 10.8 Å². The lowest BCUT2D eigenvalue weighted by Crippen LogP contribution is -2.13. The number of carbonyl (C=O) groups excluding carboxylic acids is 1. The Labute approximate surface area is 111 Å². The largest absolute Gasteiger partial charge is 0.326 e. The van der Waals surface area contributed by atoms with Crippen LogP contribution in [0.1, 0.15) is 4.88 Å². The van der Waals surface area contributed by atoms with Crippen molar-refractivity contribution >= 4 is 28.6 Å². The van der Waals surface area contributed by atoms with Gasteiger partial charge in [-0.3, -0.25) is 14.9 Å². The Morgan fingerprint density at radius 2 is 2.21 bits per heavy atom. The maximum absolute atomic E-state index is 13.1. The Morgan fingerprint density at radius 3 is 2.84 bits per heavy atom. The third-order valence-electron chi connectivity index (χ3n) is 2.34. The van der Waals surface area contributed by atoms with Gasteiger partial charge < -0.3 is 5.32 Å². The molecule has 0 aliphatic carbocycles. The fourth-order valence-electron chi connectivity index (χ4n) is 1.51. The minimum absolute atomic E-state index is 0.183. The van der Waals surface area contributed by atoms with Crippen LogP contribution < -0.4 is 5.32 Å². The molecule has 5 nitrogen and oxygen atoms in total. The van der Waals surface area contributed by atoms with E-state index in [1.54, 1.807) is 0 Å². The second kappa shape index (κ2) is 5.57. The van der Waals surface area contributed by atoms with E-state index >= 15 is 0 Å². The Kier molecular flexibility index (Phi) is 3.86. The number of hydrogen-bond donors (Lipinski definition) is 1. The fourth-order valence-corrected chi connectivity index (χ4v) is 2.21. The minimum atomic E-state index is -0.929. The number of halogens is 1. The molecule has 0 aliphatic heterocycles. The number of nitro groups is 1. The van der Waals surface area contributed by atoms with Crippen molar-refractivity contribution in [2.75, 3.05) is 5.32 Å². The topological polar surface area (TPSA) is 72.2 Å². The molecule has 0 aliphatic rings. The molecule has 0 radical (unpaired) electrons. The van der Waals surface area contributed by atoms with Crippen molar-refractivity contribution in [1.82, 2.24) is 0 Å². The molecule has 0 spiro atoms. The molecule has 1 amide bonds. The standard InChI is InChI=1S/C12H9FN2O3S/c13-10-4-3-8(6-11(10)15(17)18)14-12(16)7-9-2-1-5-19-9/h1-6H,7H2,(H,14,16). The highest BCUT2D eigenvalue weighted by molar-refractivity contribution is 7.10. The van der Waals surface area contributed by atoms with Crippen molar-refractivity contribution in [3.8, 4) is 0 Å². The van der Waals surface area contributed by atoms with Crippen LogP contribution >= 0.6 is 11.3 Å². The van der Waals surface area contributed by atoms with Gasteiger partial charge in [0.25, 0.3) is 0 Å². The highest BCUT2D eigenvalue weighted by Crippen LogP contribution is 2.21. The van der Waals surface area contributed by atoms with Gasteiger partial charge in [0.2, 0.25) is 11.7 Å². The first-order chi connectivity index (χ1) is 9.06. The van der Waals surface area contributed by atoms with Crippen LogP contribution in [0.5, 0.6) is 0 Å². The van der Waals surface area contributed by atoms with E-state index in [-0.39, 0.29) is 18.0 Å². The lowest BCUT2D eigenvalue weighted by Gasteiger charge is -2.04. The van der Waals surface area contributed by atoms with E-state index in [1.807, 2.05) is 17.5 Å². The van der Waals surface area contributed by atoms with Crippen LogP contribution in [0.4, 0.5) is 15.8 Å². The van der Waals surface area contributed by atoms with Crippen LogP contribution in [0.25, 0.3) is 0 Å². The van der Waals surface area contributed by atoms with Gasteiger partial charge in [0.05, 0.1) is 11.3 Å². The molecule has 1 aromatic heterocycles. The highest BCUT2D eigenvalue weighted by Gasteiger charge is 2.15. The van der Waals surface area contributed by atoms with Crippen molar-refractivity contribution < 1.29 is 14.1 Å². The molecule has 98 valence electrons. The third kappa shape index (κ3) is 3.35. The fraction of sp³-hybridized carbons (Fsp3) is 0.0833. The zero-order valence-electron chi connectivity index (χ0n) is 9.63. The van der Waals surface area contributed by atoms with Crippen LogP contribution in [0, 0.1) is 15.9 Å². The summed E-state index contributed by atoms with van der Waals surface area (Å²) in [6.45, 7) is 0. The summed E-state index contributed by atoms with van der Waals surface area (Å²) in [4.78, 5) is 22.3.